The molecule has 3 aromatic rings. The van der Waals surface area contributed by atoms with Gasteiger partial charge < -0.3 is 10.6 Å². The van der Waals surface area contributed by atoms with Crippen molar-refractivity contribution >= 4 is 5.91 Å². The van der Waals surface area contributed by atoms with Crippen LogP contribution in [-0.2, 0) is 11.2 Å². The minimum absolute atomic E-state index is 0.163. The number of aromatic nitrogens is 1. The SMILES string of the molecule is C[C@@H](CCN1CCC(Cc2cccc(-c3ccncc3)c2)(C(N)=O)CC1)c1ccccc1. The van der Waals surface area contributed by atoms with Crippen molar-refractivity contribution < 1.29 is 4.79 Å². The van der Waals surface area contributed by atoms with Gasteiger partial charge in [0.1, 0.15) is 0 Å². The molecule has 1 aromatic heterocycles. The zero-order valence-corrected chi connectivity index (χ0v) is 18.9. The summed E-state index contributed by atoms with van der Waals surface area (Å²) in [5, 5.41) is 0. The first-order chi connectivity index (χ1) is 15.6. The van der Waals surface area contributed by atoms with E-state index in [1.54, 1.807) is 12.4 Å². The quantitative estimate of drug-likeness (QED) is 0.547. The molecule has 0 unspecified atom stereocenters. The molecule has 2 N–H and O–H groups in total. The number of benzene rings is 2. The van der Waals surface area contributed by atoms with Crippen molar-refractivity contribution in [3.05, 3.63) is 90.3 Å². The first-order valence-corrected chi connectivity index (χ1v) is 11.6. The summed E-state index contributed by atoms with van der Waals surface area (Å²) < 4.78 is 0. The third-order valence-electron chi connectivity index (χ3n) is 7.07. The number of piperidine rings is 1. The number of hydrogen-bond donors (Lipinski definition) is 1. The number of carbonyl (C=O) groups is 1. The maximum absolute atomic E-state index is 12.6. The number of rotatable bonds is 8. The highest BCUT2D eigenvalue weighted by molar-refractivity contribution is 5.81. The molecule has 1 amide bonds. The van der Waals surface area contributed by atoms with Crippen molar-refractivity contribution in [3.63, 3.8) is 0 Å². The van der Waals surface area contributed by atoms with Crippen molar-refractivity contribution in [3.8, 4) is 11.1 Å². The van der Waals surface area contributed by atoms with Crippen LogP contribution in [-0.4, -0.2) is 35.4 Å². The molecule has 2 heterocycles. The molecule has 4 heteroatoms. The Labute approximate surface area is 191 Å². The van der Waals surface area contributed by atoms with Gasteiger partial charge in [0.15, 0.2) is 0 Å². The Balaban J connectivity index is 1.38. The monoisotopic (exact) mass is 427 g/mol. The Morgan fingerprint density at radius 2 is 1.72 bits per heavy atom. The number of carbonyl (C=O) groups excluding carboxylic acids is 1. The van der Waals surface area contributed by atoms with Crippen LogP contribution in [0.4, 0.5) is 0 Å². The average Bonchev–Trinajstić information content (AvgIpc) is 2.84. The molecule has 166 valence electrons. The van der Waals surface area contributed by atoms with Gasteiger partial charge in [0, 0.05) is 12.4 Å². The van der Waals surface area contributed by atoms with E-state index in [4.69, 9.17) is 5.73 Å². The van der Waals surface area contributed by atoms with Gasteiger partial charge in [0.05, 0.1) is 5.41 Å². The molecular formula is C28H33N3O. The van der Waals surface area contributed by atoms with Crippen LogP contribution in [0.25, 0.3) is 11.1 Å². The van der Waals surface area contributed by atoms with Crippen molar-refractivity contribution in [1.82, 2.24) is 9.88 Å². The normalized spacial score (nSPS) is 17.0. The van der Waals surface area contributed by atoms with Gasteiger partial charge in [0.25, 0.3) is 0 Å². The lowest BCUT2D eigenvalue weighted by Gasteiger charge is -2.40. The van der Waals surface area contributed by atoms with Crippen molar-refractivity contribution in [1.29, 1.82) is 0 Å². The molecule has 1 aliphatic heterocycles. The molecule has 1 atom stereocenters. The number of hydrogen-bond acceptors (Lipinski definition) is 3. The minimum atomic E-state index is -0.460. The van der Waals surface area contributed by atoms with E-state index in [0.29, 0.717) is 12.3 Å². The minimum Gasteiger partial charge on any atom is -0.369 e. The molecule has 0 saturated carbocycles. The first kappa shape index (κ1) is 22.2. The van der Waals surface area contributed by atoms with Crippen LogP contribution in [0.5, 0.6) is 0 Å². The molecule has 2 aromatic carbocycles. The summed E-state index contributed by atoms with van der Waals surface area (Å²) in [5.74, 6) is 0.374. The van der Waals surface area contributed by atoms with Gasteiger partial charge in [0.2, 0.25) is 5.91 Å². The largest absolute Gasteiger partial charge is 0.369 e. The number of primary amides is 1. The zero-order chi connectivity index (χ0) is 22.4. The zero-order valence-electron chi connectivity index (χ0n) is 18.9. The van der Waals surface area contributed by atoms with E-state index < -0.39 is 5.41 Å². The molecular weight excluding hydrogens is 394 g/mol. The van der Waals surface area contributed by atoms with Gasteiger partial charge in [-0.1, -0.05) is 61.5 Å². The second-order valence-corrected chi connectivity index (χ2v) is 9.20. The van der Waals surface area contributed by atoms with E-state index >= 15 is 0 Å². The van der Waals surface area contributed by atoms with E-state index in [1.807, 2.05) is 12.1 Å². The summed E-state index contributed by atoms with van der Waals surface area (Å²) in [4.78, 5) is 19.2. The summed E-state index contributed by atoms with van der Waals surface area (Å²) in [6.07, 6.45) is 7.09. The number of nitrogens with two attached hydrogens (primary N) is 1. The van der Waals surface area contributed by atoms with Gasteiger partial charge in [-0.25, -0.2) is 0 Å². The molecule has 0 spiro atoms. The molecule has 32 heavy (non-hydrogen) atoms. The van der Waals surface area contributed by atoms with Crippen LogP contribution < -0.4 is 5.73 Å². The first-order valence-electron chi connectivity index (χ1n) is 11.6. The van der Waals surface area contributed by atoms with Crippen LogP contribution in [0.15, 0.2) is 79.1 Å². The summed E-state index contributed by atoms with van der Waals surface area (Å²) in [6, 6.07) is 23.2. The van der Waals surface area contributed by atoms with Gasteiger partial charge in [-0.05, 0) is 85.6 Å². The highest BCUT2D eigenvalue weighted by Gasteiger charge is 2.39. The van der Waals surface area contributed by atoms with Crippen LogP contribution in [0.2, 0.25) is 0 Å². The van der Waals surface area contributed by atoms with Gasteiger partial charge >= 0.3 is 0 Å². The summed E-state index contributed by atoms with van der Waals surface area (Å²) in [6.45, 7) is 5.20. The van der Waals surface area contributed by atoms with E-state index in [9.17, 15) is 4.79 Å². The highest BCUT2D eigenvalue weighted by atomic mass is 16.1. The van der Waals surface area contributed by atoms with Gasteiger partial charge in [-0.3, -0.25) is 9.78 Å². The Kier molecular flexibility index (Phi) is 7.01. The Hall–Kier alpha value is -2.98. The molecule has 1 saturated heterocycles. The number of pyridine rings is 1. The maximum Gasteiger partial charge on any atom is 0.224 e. The average molecular weight is 428 g/mol. The number of likely N-dealkylation sites (tertiary alicyclic amines) is 1. The fourth-order valence-electron chi connectivity index (χ4n) is 4.84. The predicted molar refractivity (Wildman–Crippen MR) is 130 cm³/mol. The fourth-order valence-corrected chi connectivity index (χ4v) is 4.84. The summed E-state index contributed by atoms with van der Waals surface area (Å²) in [5.41, 5.74) is 10.4. The van der Waals surface area contributed by atoms with Crippen LogP contribution in [0, 0.1) is 5.41 Å². The van der Waals surface area contributed by atoms with Crippen molar-refractivity contribution in [2.24, 2.45) is 11.1 Å². The predicted octanol–water partition coefficient (Wildman–Crippen LogP) is 5.05. The topological polar surface area (TPSA) is 59.2 Å². The van der Waals surface area contributed by atoms with E-state index in [0.717, 1.165) is 50.0 Å². The summed E-state index contributed by atoms with van der Waals surface area (Å²) >= 11 is 0. The second-order valence-electron chi connectivity index (χ2n) is 9.20. The standard InChI is InChI=1S/C28H33N3O/c1-22(24-7-3-2-4-8-24)12-17-31-18-13-28(14-19-31,27(29)32)21-23-6-5-9-26(20-23)25-10-15-30-16-11-25/h2-11,15-16,20,22H,12-14,17-19,21H2,1H3,(H2,29,32)/t22-/m0/s1. The maximum atomic E-state index is 12.6. The molecule has 0 radical (unpaired) electrons. The third kappa shape index (κ3) is 5.25. The van der Waals surface area contributed by atoms with E-state index in [1.165, 1.54) is 11.1 Å². The number of amides is 1. The molecule has 1 aliphatic rings. The lowest BCUT2D eigenvalue weighted by molar-refractivity contribution is -0.130. The third-order valence-corrected chi connectivity index (χ3v) is 7.07. The highest BCUT2D eigenvalue weighted by Crippen LogP contribution is 2.36. The lowest BCUT2D eigenvalue weighted by atomic mass is 9.73. The van der Waals surface area contributed by atoms with Crippen molar-refractivity contribution in [2.75, 3.05) is 19.6 Å². The van der Waals surface area contributed by atoms with E-state index in [2.05, 4.69) is 71.4 Å². The fraction of sp³-hybridized carbons (Fsp3) is 0.357. The van der Waals surface area contributed by atoms with Crippen LogP contribution >= 0.6 is 0 Å². The van der Waals surface area contributed by atoms with Gasteiger partial charge in [-0.15, -0.1) is 0 Å². The molecule has 0 bridgehead atoms. The second kappa shape index (κ2) is 10.1. The molecule has 0 aliphatic carbocycles. The van der Waals surface area contributed by atoms with Crippen LogP contribution in [0.1, 0.15) is 43.2 Å². The Bertz CT molecular complexity index is 1010. The van der Waals surface area contributed by atoms with Crippen molar-refractivity contribution in [2.45, 2.75) is 38.5 Å². The Morgan fingerprint density at radius 1 is 1.00 bits per heavy atom. The Morgan fingerprint density at radius 3 is 2.41 bits per heavy atom. The van der Waals surface area contributed by atoms with Gasteiger partial charge in [-0.2, -0.15) is 0 Å². The van der Waals surface area contributed by atoms with Crippen LogP contribution in [0.3, 0.4) is 0 Å². The lowest BCUT2D eigenvalue weighted by Crippen LogP contribution is -2.48. The molecule has 4 nitrogen and oxygen atoms in total. The molecule has 4 rings (SSSR count). The van der Waals surface area contributed by atoms with E-state index in [-0.39, 0.29) is 5.91 Å². The smallest absolute Gasteiger partial charge is 0.224 e. The molecule has 1 fully saturated rings. The number of nitrogens with zero attached hydrogens (tertiary/aromatic N) is 2. The summed E-state index contributed by atoms with van der Waals surface area (Å²) in [7, 11) is 0.